The Labute approximate surface area is 176 Å². The monoisotopic (exact) mass is 447 g/mol. The number of alkyl halides is 3. The third-order valence-corrected chi connectivity index (χ3v) is 4.98. The van der Waals surface area contributed by atoms with Crippen LogP contribution >= 0.6 is 0 Å². The predicted molar refractivity (Wildman–Crippen MR) is 101 cm³/mol. The fraction of sp³-hybridized carbons (Fsp3) is 0.611. The van der Waals surface area contributed by atoms with Crippen LogP contribution in [0.4, 0.5) is 18.9 Å². The number of hydrogen-bond acceptors (Lipinski definition) is 7. The molecule has 172 valence electrons. The highest BCUT2D eigenvalue weighted by molar-refractivity contribution is 5.94. The van der Waals surface area contributed by atoms with Crippen LogP contribution in [0.15, 0.2) is 18.7 Å². The summed E-state index contributed by atoms with van der Waals surface area (Å²) >= 11 is 0. The quantitative estimate of drug-likeness (QED) is 0.708. The first-order chi connectivity index (χ1) is 14.4. The van der Waals surface area contributed by atoms with E-state index in [4.69, 9.17) is 14.6 Å². The van der Waals surface area contributed by atoms with Crippen molar-refractivity contribution in [2.45, 2.75) is 24.6 Å². The number of halogens is 3. The molecule has 0 aromatic carbocycles. The van der Waals surface area contributed by atoms with Gasteiger partial charge in [0.15, 0.2) is 0 Å². The fourth-order valence-electron chi connectivity index (χ4n) is 3.13. The number of nitrogens with zero attached hydrogens (tertiary/aromatic N) is 5. The largest absolute Gasteiger partial charge is 0.490 e. The molecule has 0 saturated carbocycles. The lowest BCUT2D eigenvalue weighted by atomic mass is 9.89. The Morgan fingerprint density at radius 1 is 1.23 bits per heavy atom. The Kier molecular flexibility index (Phi) is 7.90. The number of carboxylic acid groups (broad SMARTS) is 1. The molecule has 1 aromatic heterocycles. The molecule has 2 amide bonds. The van der Waals surface area contributed by atoms with Gasteiger partial charge in [0.1, 0.15) is 12.9 Å². The van der Waals surface area contributed by atoms with Gasteiger partial charge in [-0.3, -0.25) is 14.5 Å². The molecule has 0 unspecified atom stereocenters. The number of morpholine rings is 1. The highest BCUT2D eigenvalue weighted by Crippen LogP contribution is 2.32. The number of carbonyl (C=O) groups excluding carboxylic acids is 2. The summed E-state index contributed by atoms with van der Waals surface area (Å²) in [6.45, 7) is 2.58. The first-order valence-electron chi connectivity index (χ1n) is 9.35. The van der Waals surface area contributed by atoms with Crippen LogP contribution in [-0.2, 0) is 19.1 Å². The molecule has 13 heteroatoms. The van der Waals surface area contributed by atoms with E-state index in [-0.39, 0.29) is 24.0 Å². The van der Waals surface area contributed by atoms with E-state index in [1.807, 2.05) is 0 Å². The van der Waals surface area contributed by atoms with Crippen LogP contribution in [-0.4, -0.2) is 101 Å². The molecule has 1 N–H and O–H groups in total. The van der Waals surface area contributed by atoms with Gasteiger partial charge >= 0.3 is 12.1 Å². The van der Waals surface area contributed by atoms with Crippen molar-refractivity contribution in [3.05, 3.63) is 18.7 Å². The van der Waals surface area contributed by atoms with Gasteiger partial charge in [-0.1, -0.05) is 0 Å². The molecule has 3 heterocycles. The highest BCUT2D eigenvalue weighted by atomic mass is 19.4. The second-order valence-corrected chi connectivity index (χ2v) is 7.42. The minimum atomic E-state index is -5.08. The molecule has 0 radical (unpaired) electrons. The van der Waals surface area contributed by atoms with E-state index >= 15 is 0 Å². The summed E-state index contributed by atoms with van der Waals surface area (Å²) in [7, 11) is 3.53. The van der Waals surface area contributed by atoms with Crippen molar-refractivity contribution < 1.29 is 37.4 Å². The molecule has 0 atom stereocenters. The van der Waals surface area contributed by atoms with Crippen molar-refractivity contribution >= 4 is 23.5 Å². The second kappa shape index (κ2) is 10.0. The number of ether oxygens (including phenoxy) is 1. The SMILES string of the molecule is CN(C)C(=O)CN1CCC2(CC1)CN(c1cncnc1)C(=O)CO2.O=C(O)C(F)(F)F. The smallest absolute Gasteiger partial charge is 0.475 e. The first kappa shape index (κ1) is 24.5. The van der Waals surface area contributed by atoms with Crippen molar-refractivity contribution in [1.82, 2.24) is 19.8 Å². The summed E-state index contributed by atoms with van der Waals surface area (Å²) in [4.78, 5) is 46.4. The van der Waals surface area contributed by atoms with Gasteiger partial charge in [-0.25, -0.2) is 14.8 Å². The zero-order valence-corrected chi connectivity index (χ0v) is 17.1. The van der Waals surface area contributed by atoms with Crippen LogP contribution in [0.3, 0.4) is 0 Å². The maximum Gasteiger partial charge on any atom is 0.490 e. The van der Waals surface area contributed by atoms with E-state index in [0.717, 1.165) is 25.9 Å². The van der Waals surface area contributed by atoms with Crippen molar-refractivity contribution in [1.29, 1.82) is 0 Å². The van der Waals surface area contributed by atoms with E-state index in [1.165, 1.54) is 6.33 Å². The van der Waals surface area contributed by atoms with Crippen LogP contribution in [0.2, 0.25) is 0 Å². The number of hydrogen-bond donors (Lipinski definition) is 1. The van der Waals surface area contributed by atoms with Gasteiger partial charge in [-0.15, -0.1) is 0 Å². The molecular formula is C18H24F3N5O5. The second-order valence-electron chi connectivity index (χ2n) is 7.42. The minimum Gasteiger partial charge on any atom is -0.475 e. The Morgan fingerprint density at radius 3 is 2.26 bits per heavy atom. The zero-order chi connectivity index (χ0) is 23.2. The van der Waals surface area contributed by atoms with Gasteiger partial charge in [-0.2, -0.15) is 13.2 Å². The van der Waals surface area contributed by atoms with Crippen molar-refractivity contribution in [2.75, 3.05) is 51.8 Å². The van der Waals surface area contributed by atoms with Gasteiger partial charge in [0, 0.05) is 27.2 Å². The standard InChI is InChI=1S/C16H23N5O3.C2HF3O2/c1-19(2)14(22)9-20-5-3-16(4-6-20)11-21(15(23)10-24-16)13-7-17-12-18-8-13;3-2(4,5)1(6)7/h7-8,12H,3-6,9-11H2,1-2H3;(H,6,7). The molecule has 2 aliphatic heterocycles. The van der Waals surface area contributed by atoms with Gasteiger partial charge in [0.05, 0.1) is 36.8 Å². The summed E-state index contributed by atoms with van der Waals surface area (Å²) in [5, 5.41) is 7.12. The fourth-order valence-corrected chi connectivity index (χ4v) is 3.13. The van der Waals surface area contributed by atoms with Crippen molar-refractivity contribution in [3.8, 4) is 0 Å². The molecule has 0 aliphatic carbocycles. The van der Waals surface area contributed by atoms with Crippen LogP contribution in [0.25, 0.3) is 0 Å². The third kappa shape index (κ3) is 6.85. The lowest BCUT2D eigenvalue weighted by Crippen LogP contribution is -2.59. The average Bonchev–Trinajstić information content (AvgIpc) is 2.72. The Balaban J connectivity index is 0.000000423. The van der Waals surface area contributed by atoms with Crippen molar-refractivity contribution in [3.63, 3.8) is 0 Å². The number of likely N-dealkylation sites (tertiary alicyclic amines) is 1. The Bertz CT molecular complexity index is 783. The molecule has 1 aromatic rings. The molecule has 31 heavy (non-hydrogen) atoms. The molecule has 10 nitrogen and oxygen atoms in total. The number of rotatable bonds is 3. The van der Waals surface area contributed by atoms with E-state index in [1.54, 1.807) is 36.3 Å². The summed E-state index contributed by atoms with van der Waals surface area (Å²) in [6.07, 6.45) is 1.25. The van der Waals surface area contributed by atoms with Crippen LogP contribution in [0.5, 0.6) is 0 Å². The molecule has 2 fully saturated rings. The Morgan fingerprint density at radius 2 is 1.77 bits per heavy atom. The number of amides is 2. The third-order valence-electron chi connectivity index (χ3n) is 4.98. The van der Waals surface area contributed by atoms with E-state index < -0.39 is 12.1 Å². The molecule has 1 spiro atoms. The molecule has 2 aliphatic rings. The zero-order valence-electron chi connectivity index (χ0n) is 17.1. The number of anilines is 1. The number of aliphatic carboxylic acids is 1. The van der Waals surface area contributed by atoms with Gasteiger partial charge in [-0.05, 0) is 12.8 Å². The van der Waals surface area contributed by atoms with E-state index in [2.05, 4.69) is 14.9 Å². The maximum atomic E-state index is 12.2. The minimum absolute atomic E-state index is 0.0689. The molecule has 3 rings (SSSR count). The van der Waals surface area contributed by atoms with Gasteiger partial charge in [0.25, 0.3) is 5.91 Å². The summed E-state index contributed by atoms with van der Waals surface area (Å²) in [5.74, 6) is -2.72. The normalized spacial score (nSPS) is 18.9. The molecule has 0 bridgehead atoms. The van der Waals surface area contributed by atoms with Gasteiger partial charge < -0.3 is 19.6 Å². The van der Waals surface area contributed by atoms with Gasteiger partial charge in [0.2, 0.25) is 5.91 Å². The van der Waals surface area contributed by atoms with Crippen LogP contribution < -0.4 is 4.90 Å². The van der Waals surface area contributed by atoms with Crippen LogP contribution in [0.1, 0.15) is 12.8 Å². The van der Waals surface area contributed by atoms with E-state index in [9.17, 15) is 22.8 Å². The lowest BCUT2D eigenvalue weighted by Gasteiger charge is -2.46. The van der Waals surface area contributed by atoms with Crippen molar-refractivity contribution in [2.24, 2.45) is 0 Å². The number of piperidine rings is 1. The number of likely N-dealkylation sites (N-methyl/N-ethyl adjacent to an activating group) is 1. The average molecular weight is 447 g/mol. The predicted octanol–water partition coefficient (Wildman–Crippen LogP) is 0.396. The molecular weight excluding hydrogens is 423 g/mol. The summed E-state index contributed by atoms with van der Waals surface area (Å²) in [5.41, 5.74) is 0.358. The van der Waals surface area contributed by atoms with Crippen LogP contribution in [0, 0.1) is 0 Å². The number of carbonyl (C=O) groups is 3. The van der Waals surface area contributed by atoms with E-state index in [0.29, 0.717) is 18.8 Å². The summed E-state index contributed by atoms with van der Waals surface area (Å²) < 4.78 is 37.7. The maximum absolute atomic E-state index is 12.2. The number of carboxylic acids is 1. The lowest BCUT2D eigenvalue weighted by molar-refractivity contribution is -0.192. The Hall–Kier alpha value is -2.80. The highest BCUT2D eigenvalue weighted by Gasteiger charge is 2.43. The number of aromatic nitrogens is 2. The molecule has 2 saturated heterocycles. The first-order valence-corrected chi connectivity index (χ1v) is 9.35. The summed E-state index contributed by atoms with van der Waals surface area (Å²) in [6, 6.07) is 0. The topological polar surface area (TPSA) is 116 Å².